The van der Waals surface area contributed by atoms with Crippen molar-refractivity contribution in [3.05, 3.63) is 29.1 Å². The number of methoxy groups -OCH3 is 1. The molecule has 0 saturated heterocycles. The lowest BCUT2D eigenvalue weighted by atomic mass is 10.0. The summed E-state index contributed by atoms with van der Waals surface area (Å²) in [6.07, 6.45) is 3.29. The van der Waals surface area contributed by atoms with Gasteiger partial charge in [0.05, 0.1) is 18.8 Å². The van der Waals surface area contributed by atoms with E-state index in [0.717, 1.165) is 11.1 Å². The summed E-state index contributed by atoms with van der Waals surface area (Å²) in [6.45, 7) is 1.93. The van der Waals surface area contributed by atoms with Crippen molar-refractivity contribution in [1.29, 1.82) is 0 Å². The third-order valence-corrected chi connectivity index (χ3v) is 2.98. The number of carbonyl (C=O) groups is 1. The Kier molecular flexibility index (Phi) is 2.44. The number of aliphatic hydroxyl groups excluding tert-OH is 1. The van der Waals surface area contributed by atoms with Gasteiger partial charge in [0, 0.05) is 24.7 Å². The fraction of sp³-hybridized carbons (Fsp3) is 0.455. The van der Waals surface area contributed by atoms with Crippen molar-refractivity contribution in [2.45, 2.75) is 25.4 Å². The summed E-state index contributed by atoms with van der Waals surface area (Å²) in [4.78, 5) is 15.4. The van der Waals surface area contributed by atoms with Crippen LogP contribution in [0.1, 0.15) is 34.3 Å². The molecule has 0 fully saturated rings. The zero-order chi connectivity index (χ0) is 11.0. The van der Waals surface area contributed by atoms with Crippen molar-refractivity contribution >= 4 is 5.97 Å². The second-order valence-electron chi connectivity index (χ2n) is 3.81. The molecule has 15 heavy (non-hydrogen) atoms. The van der Waals surface area contributed by atoms with E-state index in [0.29, 0.717) is 12.0 Å². The molecule has 1 N–H and O–H groups in total. The van der Waals surface area contributed by atoms with E-state index in [1.807, 2.05) is 6.92 Å². The van der Waals surface area contributed by atoms with Crippen LogP contribution in [0.15, 0.2) is 12.4 Å². The first kappa shape index (κ1) is 10.1. The summed E-state index contributed by atoms with van der Waals surface area (Å²) in [5, 5.41) is 9.72. The zero-order valence-corrected chi connectivity index (χ0v) is 8.73. The molecule has 80 valence electrons. The van der Waals surface area contributed by atoms with Crippen molar-refractivity contribution in [2.75, 3.05) is 7.11 Å². The Labute approximate surface area is 87.9 Å². The van der Waals surface area contributed by atoms with Gasteiger partial charge < -0.3 is 9.84 Å². The van der Waals surface area contributed by atoms with Gasteiger partial charge in [0.2, 0.25) is 0 Å². The summed E-state index contributed by atoms with van der Waals surface area (Å²) in [5.74, 6) is -0.349. The van der Waals surface area contributed by atoms with Gasteiger partial charge in [-0.25, -0.2) is 4.79 Å². The first-order valence-corrected chi connectivity index (χ1v) is 4.88. The van der Waals surface area contributed by atoms with Crippen LogP contribution in [-0.4, -0.2) is 29.3 Å². The summed E-state index contributed by atoms with van der Waals surface area (Å²) in [6, 6.07) is 0. The molecule has 0 aliphatic heterocycles. The molecular formula is C11H13NO3. The van der Waals surface area contributed by atoms with Crippen LogP contribution in [-0.2, 0) is 11.2 Å². The standard InChI is InChI=1S/C11H13NO3/c1-6-8-4-12-5-9(11(14)15-2)7(8)3-10(6)13/h4-6,10,13H,3H2,1-2H3/t6-,10-/m0/s1. The van der Waals surface area contributed by atoms with E-state index in [9.17, 15) is 9.90 Å². The van der Waals surface area contributed by atoms with Gasteiger partial charge in [-0.2, -0.15) is 0 Å². The number of carbonyl (C=O) groups excluding carboxylic acids is 1. The van der Waals surface area contributed by atoms with E-state index in [2.05, 4.69) is 9.72 Å². The average molecular weight is 207 g/mol. The van der Waals surface area contributed by atoms with Crippen molar-refractivity contribution in [2.24, 2.45) is 0 Å². The lowest BCUT2D eigenvalue weighted by Crippen LogP contribution is -2.09. The van der Waals surface area contributed by atoms with Crippen molar-refractivity contribution < 1.29 is 14.6 Å². The molecule has 2 atom stereocenters. The lowest BCUT2D eigenvalue weighted by Gasteiger charge is -2.07. The van der Waals surface area contributed by atoms with Gasteiger partial charge >= 0.3 is 5.97 Å². The topological polar surface area (TPSA) is 59.4 Å². The van der Waals surface area contributed by atoms with E-state index >= 15 is 0 Å². The number of aliphatic hydroxyl groups is 1. The molecule has 1 aliphatic carbocycles. The van der Waals surface area contributed by atoms with Crippen LogP contribution in [0.4, 0.5) is 0 Å². The molecule has 0 unspecified atom stereocenters. The number of fused-ring (bicyclic) bond motifs is 1. The minimum absolute atomic E-state index is 0.0390. The molecule has 0 spiro atoms. The first-order valence-electron chi connectivity index (χ1n) is 4.88. The number of aromatic nitrogens is 1. The zero-order valence-electron chi connectivity index (χ0n) is 8.73. The number of nitrogens with zero attached hydrogens (tertiary/aromatic N) is 1. The summed E-state index contributed by atoms with van der Waals surface area (Å²) >= 11 is 0. The van der Waals surface area contributed by atoms with Crippen LogP contribution in [0.2, 0.25) is 0 Å². The second kappa shape index (κ2) is 3.62. The molecule has 0 saturated carbocycles. The minimum atomic E-state index is -0.424. The van der Waals surface area contributed by atoms with Crippen molar-refractivity contribution in [1.82, 2.24) is 4.98 Å². The predicted octanol–water partition coefficient (Wildman–Crippen LogP) is 0.889. The van der Waals surface area contributed by atoms with Gasteiger partial charge in [-0.05, 0) is 11.1 Å². The molecule has 2 rings (SSSR count). The van der Waals surface area contributed by atoms with Crippen molar-refractivity contribution in [3.8, 4) is 0 Å². The second-order valence-corrected chi connectivity index (χ2v) is 3.81. The molecule has 1 heterocycles. The molecule has 1 aliphatic rings. The van der Waals surface area contributed by atoms with Crippen LogP contribution in [0, 0.1) is 0 Å². The van der Waals surface area contributed by atoms with Crippen LogP contribution < -0.4 is 0 Å². The summed E-state index contributed by atoms with van der Waals surface area (Å²) in [7, 11) is 1.34. The Balaban J connectivity index is 2.49. The molecule has 1 aromatic heterocycles. The Morgan fingerprint density at radius 1 is 1.60 bits per heavy atom. The molecule has 0 bridgehead atoms. The molecular weight excluding hydrogens is 194 g/mol. The van der Waals surface area contributed by atoms with E-state index in [1.54, 1.807) is 6.20 Å². The number of rotatable bonds is 1. The SMILES string of the molecule is COC(=O)c1cncc2c1C[C@H](O)[C@H]2C. The number of pyridine rings is 1. The molecule has 0 aromatic carbocycles. The van der Waals surface area contributed by atoms with Crippen LogP contribution in [0.25, 0.3) is 0 Å². The molecule has 4 heteroatoms. The molecule has 1 aromatic rings. The van der Waals surface area contributed by atoms with Gasteiger partial charge in [0.15, 0.2) is 0 Å². The van der Waals surface area contributed by atoms with E-state index in [1.165, 1.54) is 13.3 Å². The Hall–Kier alpha value is -1.42. The Morgan fingerprint density at radius 2 is 2.33 bits per heavy atom. The predicted molar refractivity (Wildman–Crippen MR) is 53.7 cm³/mol. The van der Waals surface area contributed by atoms with Gasteiger partial charge in [-0.1, -0.05) is 6.92 Å². The first-order chi connectivity index (χ1) is 7.15. The average Bonchev–Trinajstić information content (AvgIpc) is 2.54. The molecule has 0 amide bonds. The molecule has 0 radical (unpaired) electrons. The third-order valence-electron chi connectivity index (χ3n) is 2.98. The number of hydrogen-bond acceptors (Lipinski definition) is 4. The fourth-order valence-corrected chi connectivity index (χ4v) is 2.00. The maximum absolute atomic E-state index is 11.4. The maximum atomic E-state index is 11.4. The fourth-order valence-electron chi connectivity index (χ4n) is 2.00. The van der Waals surface area contributed by atoms with E-state index < -0.39 is 6.10 Å². The largest absolute Gasteiger partial charge is 0.465 e. The van der Waals surface area contributed by atoms with Gasteiger partial charge in [0.1, 0.15) is 0 Å². The lowest BCUT2D eigenvalue weighted by molar-refractivity contribution is 0.0599. The Morgan fingerprint density at radius 3 is 3.00 bits per heavy atom. The number of esters is 1. The van der Waals surface area contributed by atoms with Gasteiger partial charge in [0.25, 0.3) is 0 Å². The van der Waals surface area contributed by atoms with Crippen LogP contribution >= 0.6 is 0 Å². The highest BCUT2D eigenvalue weighted by molar-refractivity contribution is 5.91. The quantitative estimate of drug-likeness (QED) is 0.695. The Bertz CT molecular complexity index is 403. The van der Waals surface area contributed by atoms with Crippen LogP contribution in [0.3, 0.4) is 0 Å². The van der Waals surface area contributed by atoms with Crippen molar-refractivity contribution in [3.63, 3.8) is 0 Å². The normalized spacial score (nSPS) is 23.7. The molecule has 4 nitrogen and oxygen atoms in total. The van der Waals surface area contributed by atoms with E-state index in [4.69, 9.17) is 0 Å². The number of ether oxygens (including phenoxy) is 1. The van der Waals surface area contributed by atoms with Gasteiger partial charge in [-0.15, -0.1) is 0 Å². The number of hydrogen-bond donors (Lipinski definition) is 1. The summed E-state index contributed by atoms with van der Waals surface area (Å²) < 4.78 is 4.67. The maximum Gasteiger partial charge on any atom is 0.339 e. The van der Waals surface area contributed by atoms with Crippen LogP contribution in [0.5, 0.6) is 0 Å². The monoisotopic (exact) mass is 207 g/mol. The highest BCUT2D eigenvalue weighted by Crippen LogP contribution is 2.34. The highest BCUT2D eigenvalue weighted by atomic mass is 16.5. The minimum Gasteiger partial charge on any atom is -0.465 e. The highest BCUT2D eigenvalue weighted by Gasteiger charge is 2.31. The summed E-state index contributed by atoms with van der Waals surface area (Å²) in [5.41, 5.74) is 2.29. The smallest absolute Gasteiger partial charge is 0.339 e. The van der Waals surface area contributed by atoms with Gasteiger partial charge in [-0.3, -0.25) is 4.98 Å². The van der Waals surface area contributed by atoms with E-state index in [-0.39, 0.29) is 11.9 Å². The third kappa shape index (κ3) is 1.51.